The number of nitrogens with one attached hydrogen (secondary N) is 1. The van der Waals surface area contributed by atoms with Crippen LogP contribution in [0.3, 0.4) is 0 Å². The van der Waals surface area contributed by atoms with Gasteiger partial charge in [-0.2, -0.15) is 0 Å². The zero-order valence-corrected chi connectivity index (χ0v) is 9.64. The summed E-state index contributed by atoms with van der Waals surface area (Å²) in [5, 5.41) is 4.11. The topological polar surface area (TPSA) is 12.0 Å². The van der Waals surface area contributed by atoms with E-state index < -0.39 is 0 Å². The van der Waals surface area contributed by atoms with Crippen LogP contribution in [0.5, 0.6) is 0 Å². The number of hydrogen-bond donors (Lipinski definition) is 1. The van der Waals surface area contributed by atoms with E-state index in [0.717, 1.165) is 11.6 Å². The van der Waals surface area contributed by atoms with E-state index in [1.807, 2.05) is 19.2 Å². The molecule has 1 unspecified atom stereocenters. The molecule has 1 rings (SSSR count). The molecule has 0 bridgehead atoms. The Kier molecular flexibility index (Phi) is 4.99. The summed E-state index contributed by atoms with van der Waals surface area (Å²) in [6, 6.07) is 8.13. The number of rotatable bonds is 5. The Hall–Kier alpha value is -0.530. The highest BCUT2D eigenvalue weighted by atomic mass is 35.5. The maximum Gasteiger partial charge on any atom is 0.0441 e. The fourth-order valence-corrected chi connectivity index (χ4v) is 2.06. The van der Waals surface area contributed by atoms with Crippen LogP contribution >= 0.6 is 11.6 Å². The van der Waals surface area contributed by atoms with Gasteiger partial charge in [0.15, 0.2) is 0 Å². The average Bonchev–Trinajstić information content (AvgIpc) is 2.18. The minimum atomic E-state index is 0.540. The van der Waals surface area contributed by atoms with E-state index in [-0.39, 0.29) is 0 Å². The quantitative estimate of drug-likeness (QED) is 0.787. The smallest absolute Gasteiger partial charge is 0.0441 e. The third kappa shape index (κ3) is 3.00. The van der Waals surface area contributed by atoms with Crippen molar-refractivity contribution in [2.45, 2.75) is 25.7 Å². The van der Waals surface area contributed by atoms with Gasteiger partial charge in [0.1, 0.15) is 0 Å². The molecule has 0 fully saturated rings. The van der Waals surface area contributed by atoms with Crippen LogP contribution in [0, 0.1) is 0 Å². The predicted octanol–water partition coefficient (Wildman–Crippen LogP) is 3.44. The van der Waals surface area contributed by atoms with Crippen molar-refractivity contribution in [3.8, 4) is 0 Å². The number of benzene rings is 1. The summed E-state index contributed by atoms with van der Waals surface area (Å²) in [7, 11) is 1.99. The van der Waals surface area contributed by atoms with Gasteiger partial charge in [0.2, 0.25) is 0 Å². The lowest BCUT2D eigenvalue weighted by Gasteiger charge is -2.17. The van der Waals surface area contributed by atoms with Crippen molar-refractivity contribution in [3.05, 3.63) is 34.9 Å². The standard InChI is InChI=1S/C12H18ClN/c1-3-6-10(9-14-2)11-7-4-5-8-12(11)13/h4-5,7-8,10,14H,3,6,9H2,1-2H3. The van der Waals surface area contributed by atoms with Crippen LogP contribution in [0.1, 0.15) is 31.2 Å². The SMILES string of the molecule is CCCC(CNC)c1ccccc1Cl. The zero-order valence-electron chi connectivity index (χ0n) is 8.89. The third-order valence-corrected chi connectivity index (χ3v) is 2.78. The molecular formula is C12H18ClN. The fourth-order valence-electron chi connectivity index (χ4n) is 1.77. The molecule has 1 aromatic carbocycles. The van der Waals surface area contributed by atoms with Crippen LogP contribution in [-0.4, -0.2) is 13.6 Å². The van der Waals surface area contributed by atoms with Crippen molar-refractivity contribution in [2.75, 3.05) is 13.6 Å². The van der Waals surface area contributed by atoms with Crippen molar-refractivity contribution in [1.82, 2.24) is 5.32 Å². The van der Waals surface area contributed by atoms with Crippen LogP contribution in [-0.2, 0) is 0 Å². The second kappa shape index (κ2) is 6.05. The molecule has 0 spiro atoms. The first kappa shape index (κ1) is 11.5. The molecule has 0 saturated heterocycles. The van der Waals surface area contributed by atoms with Gasteiger partial charge in [0.25, 0.3) is 0 Å². The molecule has 1 aromatic rings. The van der Waals surface area contributed by atoms with E-state index in [1.54, 1.807) is 0 Å². The molecule has 0 amide bonds. The molecular weight excluding hydrogens is 194 g/mol. The van der Waals surface area contributed by atoms with Gasteiger partial charge in [-0.1, -0.05) is 43.1 Å². The molecule has 0 aliphatic rings. The maximum absolute atomic E-state index is 6.16. The Morgan fingerprint density at radius 2 is 2.07 bits per heavy atom. The summed E-state index contributed by atoms with van der Waals surface area (Å²) in [6.45, 7) is 3.21. The van der Waals surface area contributed by atoms with Gasteiger partial charge in [0.05, 0.1) is 0 Å². The van der Waals surface area contributed by atoms with Crippen LogP contribution < -0.4 is 5.32 Å². The lowest BCUT2D eigenvalue weighted by molar-refractivity contribution is 0.576. The minimum Gasteiger partial charge on any atom is -0.319 e. The Labute approximate surface area is 91.5 Å². The highest BCUT2D eigenvalue weighted by Gasteiger charge is 2.12. The molecule has 1 nitrogen and oxygen atoms in total. The molecule has 0 aromatic heterocycles. The molecule has 2 heteroatoms. The van der Waals surface area contributed by atoms with Crippen LogP contribution in [0.15, 0.2) is 24.3 Å². The fraction of sp³-hybridized carbons (Fsp3) is 0.500. The van der Waals surface area contributed by atoms with Gasteiger partial charge in [-0.3, -0.25) is 0 Å². The first-order chi connectivity index (χ1) is 6.79. The van der Waals surface area contributed by atoms with Crippen molar-refractivity contribution < 1.29 is 0 Å². The number of hydrogen-bond acceptors (Lipinski definition) is 1. The van der Waals surface area contributed by atoms with Gasteiger partial charge in [-0.25, -0.2) is 0 Å². The normalized spacial score (nSPS) is 12.8. The highest BCUT2D eigenvalue weighted by molar-refractivity contribution is 6.31. The Balaban J connectivity index is 2.81. The third-order valence-electron chi connectivity index (χ3n) is 2.43. The molecule has 0 radical (unpaired) electrons. The van der Waals surface area contributed by atoms with Gasteiger partial charge in [-0.05, 0) is 31.0 Å². The summed E-state index contributed by atoms with van der Waals surface area (Å²) in [5.41, 5.74) is 1.27. The Bertz CT molecular complexity index is 267. The second-order valence-corrected chi connectivity index (χ2v) is 3.97. The van der Waals surface area contributed by atoms with E-state index in [4.69, 9.17) is 11.6 Å². The first-order valence-electron chi connectivity index (χ1n) is 5.18. The molecule has 0 aliphatic carbocycles. The zero-order chi connectivity index (χ0) is 10.4. The monoisotopic (exact) mass is 211 g/mol. The Morgan fingerprint density at radius 3 is 2.64 bits per heavy atom. The van der Waals surface area contributed by atoms with Gasteiger partial charge < -0.3 is 5.32 Å². The summed E-state index contributed by atoms with van der Waals surface area (Å²) in [4.78, 5) is 0. The summed E-state index contributed by atoms with van der Waals surface area (Å²) in [5.74, 6) is 0.540. The van der Waals surface area contributed by atoms with Crippen LogP contribution in [0.2, 0.25) is 5.02 Å². The van der Waals surface area contributed by atoms with E-state index in [1.165, 1.54) is 18.4 Å². The van der Waals surface area contributed by atoms with E-state index >= 15 is 0 Å². The molecule has 0 heterocycles. The van der Waals surface area contributed by atoms with Gasteiger partial charge >= 0.3 is 0 Å². The Morgan fingerprint density at radius 1 is 1.36 bits per heavy atom. The lowest BCUT2D eigenvalue weighted by Crippen LogP contribution is -2.17. The number of halogens is 1. The van der Waals surface area contributed by atoms with E-state index in [2.05, 4.69) is 24.4 Å². The minimum absolute atomic E-state index is 0.540. The summed E-state index contributed by atoms with van der Waals surface area (Å²) in [6.07, 6.45) is 2.38. The van der Waals surface area contributed by atoms with Crippen LogP contribution in [0.4, 0.5) is 0 Å². The average molecular weight is 212 g/mol. The maximum atomic E-state index is 6.16. The summed E-state index contributed by atoms with van der Waals surface area (Å²) >= 11 is 6.16. The molecule has 0 saturated carbocycles. The van der Waals surface area contributed by atoms with Crippen LogP contribution in [0.25, 0.3) is 0 Å². The first-order valence-corrected chi connectivity index (χ1v) is 5.56. The largest absolute Gasteiger partial charge is 0.319 e. The number of likely N-dealkylation sites (N-methyl/N-ethyl adjacent to an activating group) is 1. The lowest BCUT2D eigenvalue weighted by atomic mass is 9.94. The molecule has 1 atom stereocenters. The van der Waals surface area contributed by atoms with Crippen molar-refractivity contribution in [3.63, 3.8) is 0 Å². The molecule has 78 valence electrons. The van der Waals surface area contributed by atoms with E-state index in [9.17, 15) is 0 Å². The van der Waals surface area contributed by atoms with Crippen molar-refractivity contribution in [1.29, 1.82) is 0 Å². The van der Waals surface area contributed by atoms with Crippen molar-refractivity contribution >= 4 is 11.6 Å². The van der Waals surface area contributed by atoms with E-state index in [0.29, 0.717) is 5.92 Å². The predicted molar refractivity (Wildman–Crippen MR) is 63.0 cm³/mol. The van der Waals surface area contributed by atoms with Gasteiger partial charge in [-0.15, -0.1) is 0 Å². The molecule has 1 N–H and O–H groups in total. The summed E-state index contributed by atoms with van der Waals surface area (Å²) < 4.78 is 0. The second-order valence-electron chi connectivity index (χ2n) is 3.56. The molecule has 14 heavy (non-hydrogen) atoms. The van der Waals surface area contributed by atoms with Crippen molar-refractivity contribution in [2.24, 2.45) is 0 Å². The molecule has 0 aliphatic heterocycles. The highest BCUT2D eigenvalue weighted by Crippen LogP contribution is 2.27. The van der Waals surface area contributed by atoms with Gasteiger partial charge in [0, 0.05) is 11.6 Å².